The Bertz CT molecular complexity index is 886. The van der Waals surface area contributed by atoms with Gasteiger partial charge in [-0.25, -0.2) is 9.98 Å². The van der Waals surface area contributed by atoms with E-state index in [-0.39, 0.29) is 24.0 Å². The van der Waals surface area contributed by atoms with Crippen LogP contribution in [-0.4, -0.2) is 29.9 Å². The molecule has 0 aliphatic rings. The Balaban J connectivity index is 1.93. The first-order chi connectivity index (χ1) is 13.3. The summed E-state index contributed by atoms with van der Waals surface area (Å²) in [7, 11) is 0. The minimum absolute atomic E-state index is 0.0540. The van der Waals surface area contributed by atoms with Crippen LogP contribution in [0.3, 0.4) is 0 Å². The van der Waals surface area contributed by atoms with Crippen molar-refractivity contribution >= 4 is 28.9 Å². The van der Waals surface area contributed by atoms with Crippen molar-refractivity contribution in [2.24, 2.45) is 4.99 Å². The Morgan fingerprint density at radius 2 is 2.14 bits per heavy atom. The molecule has 1 aromatic heterocycles. The average molecular weight is 409 g/mol. The lowest BCUT2D eigenvalue weighted by atomic mass is 10.2. The predicted octanol–water partition coefficient (Wildman–Crippen LogP) is 2.84. The van der Waals surface area contributed by atoms with E-state index in [0.717, 1.165) is 16.7 Å². The van der Waals surface area contributed by atoms with Crippen LogP contribution in [0.5, 0.6) is 0 Å². The summed E-state index contributed by atoms with van der Waals surface area (Å²) in [4.78, 5) is 19.7. The summed E-state index contributed by atoms with van der Waals surface area (Å²) in [6.45, 7) is 2.22. The highest BCUT2D eigenvalue weighted by Gasteiger charge is 2.33. The van der Waals surface area contributed by atoms with Crippen LogP contribution >= 0.6 is 11.3 Å². The molecule has 3 N–H and O–H groups in total. The molecular weight excluding hydrogens is 391 g/mol. The van der Waals surface area contributed by atoms with Crippen molar-refractivity contribution in [1.29, 1.82) is 0 Å². The smallest absolute Gasteiger partial charge is 0.357 e. The molecule has 0 aliphatic heterocycles. The minimum Gasteiger partial charge on any atom is -0.357 e. The molecule has 0 saturated carbocycles. The van der Waals surface area contributed by atoms with Crippen molar-refractivity contribution in [3.8, 4) is 12.3 Å². The second-order valence-corrected chi connectivity index (χ2v) is 6.39. The predicted molar refractivity (Wildman–Crippen MR) is 103 cm³/mol. The first-order valence-corrected chi connectivity index (χ1v) is 9.10. The standard InChI is InChI=1S/C18H18F3N5OS/c1-3-12-6-5-7-13(8-12)25-15(27)9-23-17(22-4-2)24-10-16-26-14(11-28-16)18(19,20)21/h1,5-8,11H,4,9-10H2,2H3,(H,25,27)(H2,22,23,24). The third-order valence-electron chi connectivity index (χ3n) is 3.29. The number of alkyl halides is 3. The molecule has 2 aromatic rings. The molecule has 2 rings (SSSR count). The van der Waals surface area contributed by atoms with Gasteiger partial charge in [0.15, 0.2) is 11.7 Å². The van der Waals surface area contributed by atoms with E-state index in [1.54, 1.807) is 24.3 Å². The van der Waals surface area contributed by atoms with Gasteiger partial charge in [0.05, 0.1) is 6.54 Å². The fourth-order valence-corrected chi connectivity index (χ4v) is 2.80. The number of hydrogen-bond donors (Lipinski definition) is 3. The largest absolute Gasteiger partial charge is 0.434 e. The van der Waals surface area contributed by atoms with Crippen molar-refractivity contribution in [1.82, 2.24) is 15.6 Å². The molecule has 6 nitrogen and oxygen atoms in total. The normalized spacial score (nSPS) is 11.6. The maximum absolute atomic E-state index is 12.6. The summed E-state index contributed by atoms with van der Waals surface area (Å²) in [5.41, 5.74) is 0.263. The fraction of sp³-hybridized carbons (Fsp3) is 0.278. The topological polar surface area (TPSA) is 78.4 Å². The van der Waals surface area contributed by atoms with Gasteiger partial charge in [-0.2, -0.15) is 13.2 Å². The molecule has 1 aromatic carbocycles. The van der Waals surface area contributed by atoms with Gasteiger partial charge in [0, 0.05) is 23.2 Å². The Hall–Kier alpha value is -3.06. The molecule has 148 valence electrons. The fourth-order valence-electron chi connectivity index (χ4n) is 2.06. The lowest BCUT2D eigenvalue weighted by molar-refractivity contribution is -0.140. The number of guanidine groups is 1. The number of benzene rings is 1. The summed E-state index contributed by atoms with van der Waals surface area (Å²) < 4.78 is 37.8. The highest BCUT2D eigenvalue weighted by atomic mass is 32.1. The number of halogens is 3. The van der Waals surface area contributed by atoms with Crippen molar-refractivity contribution in [2.45, 2.75) is 19.6 Å². The number of nitrogens with one attached hydrogen (secondary N) is 3. The number of terminal acetylenes is 1. The van der Waals surface area contributed by atoms with E-state index in [1.807, 2.05) is 6.92 Å². The van der Waals surface area contributed by atoms with E-state index in [1.165, 1.54) is 0 Å². The molecule has 0 atom stereocenters. The molecule has 0 radical (unpaired) electrons. The number of aliphatic imine (C=N–C) groups is 1. The molecule has 1 amide bonds. The third kappa shape index (κ3) is 6.59. The maximum atomic E-state index is 12.6. The van der Waals surface area contributed by atoms with Crippen LogP contribution in [0, 0.1) is 12.3 Å². The van der Waals surface area contributed by atoms with Crippen molar-refractivity contribution in [3.63, 3.8) is 0 Å². The number of carbonyl (C=O) groups is 1. The Morgan fingerprint density at radius 3 is 2.79 bits per heavy atom. The summed E-state index contributed by atoms with van der Waals surface area (Å²) >= 11 is 0.894. The van der Waals surface area contributed by atoms with E-state index in [2.05, 4.69) is 31.8 Å². The number of amides is 1. The zero-order valence-electron chi connectivity index (χ0n) is 14.9. The number of nitrogens with zero attached hydrogens (tertiary/aromatic N) is 2. The van der Waals surface area contributed by atoms with Crippen LogP contribution in [0.25, 0.3) is 0 Å². The monoisotopic (exact) mass is 409 g/mol. The highest BCUT2D eigenvalue weighted by Crippen LogP contribution is 2.29. The van der Waals surface area contributed by atoms with Gasteiger partial charge in [-0.15, -0.1) is 17.8 Å². The first-order valence-electron chi connectivity index (χ1n) is 8.22. The lowest BCUT2D eigenvalue weighted by Crippen LogP contribution is -2.37. The highest BCUT2D eigenvalue weighted by molar-refractivity contribution is 7.09. The number of thiazole rings is 1. The lowest BCUT2D eigenvalue weighted by Gasteiger charge is -2.10. The number of carbonyl (C=O) groups excluding carboxylic acids is 1. The van der Waals surface area contributed by atoms with Gasteiger partial charge in [0.1, 0.15) is 11.6 Å². The zero-order valence-corrected chi connectivity index (χ0v) is 15.7. The van der Waals surface area contributed by atoms with E-state index in [9.17, 15) is 18.0 Å². The summed E-state index contributed by atoms with van der Waals surface area (Å²) in [6.07, 6.45) is 0.850. The number of aromatic nitrogens is 1. The van der Waals surface area contributed by atoms with E-state index in [4.69, 9.17) is 6.42 Å². The van der Waals surface area contributed by atoms with Gasteiger partial charge < -0.3 is 16.0 Å². The molecule has 0 spiro atoms. The minimum atomic E-state index is -4.47. The summed E-state index contributed by atoms with van der Waals surface area (Å²) in [5.74, 6) is 2.41. The van der Waals surface area contributed by atoms with Crippen LogP contribution in [0.1, 0.15) is 23.2 Å². The van der Waals surface area contributed by atoms with E-state index < -0.39 is 11.9 Å². The molecule has 0 saturated heterocycles. The SMILES string of the molecule is C#Cc1cccc(NC(=O)CN=C(NCC)NCc2nc(C(F)(F)F)cs2)c1. The number of hydrogen-bond acceptors (Lipinski definition) is 4. The van der Waals surface area contributed by atoms with Gasteiger partial charge in [0.2, 0.25) is 5.91 Å². The summed E-state index contributed by atoms with van der Waals surface area (Å²) in [6, 6.07) is 6.82. The molecule has 0 bridgehead atoms. The molecular formula is C18H18F3N5OS. The van der Waals surface area contributed by atoms with E-state index in [0.29, 0.717) is 23.8 Å². The van der Waals surface area contributed by atoms with Crippen LogP contribution in [0.15, 0.2) is 34.6 Å². The molecule has 0 unspecified atom stereocenters. The van der Waals surface area contributed by atoms with Gasteiger partial charge in [-0.3, -0.25) is 4.79 Å². The van der Waals surface area contributed by atoms with Crippen LogP contribution in [0.2, 0.25) is 0 Å². The van der Waals surface area contributed by atoms with Crippen molar-refractivity contribution in [3.05, 3.63) is 45.9 Å². The van der Waals surface area contributed by atoms with Gasteiger partial charge in [-0.05, 0) is 25.1 Å². The van der Waals surface area contributed by atoms with Gasteiger partial charge >= 0.3 is 6.18 Å². The number of rotatable bonds is 6. The molecule has 10 heteroatoms. The van der Waals surface area contributed by atoms with Crippen LogP contribution < -0.4 is 16.0 Å². The first kappa shape index (κ1) is 21.2. The van der Waals surface area contributed by atoms with Crippen molar-refractivity contribution < 1.29 is 18.0 Å². The molecule has 1 heterocycles. The van der Waals surface area contributed by atoms with Gasteiger partial charge in [-0.1, -0.05) is 12.0 Å². The molecule has 0 fully saturated rings. The van der Waals surface area contributed by atoms with Crippen molar-refractivity contribution in [2.75, 3.05) is 18.4 Å². The average Bonchev–Trinajstić information content (AvgIpc) is 3.13. The molecule has 0 aliphatic carbocycles. The Morgan fingerprint density at radius 1 is 1.36 bits per heavy atom. The zero-order chi connectivity index (χ0) is 20.6. The third-order valence-corrected chi connectivity index (χ3v) is 4.14. The molecule has 28 heavy (non-hydrogen) atoms. The quantitative estimate of drug-likeness (QED) is 0.390. The maximum Gasteiger partial charge on any atom is 0.434 e. The van der Waals surface area contributed by atoms with Gasteiger partial charge in [0.25, 0.3) is 0 Å². The number of anilines is 1. The van der Waals surface area contributed by atoms with E-state index >= 15 is 0 Å². The Labute approximate surface area is 164 Å². The second-order valence-electron chi connectivity index (χ2n) is 5.45. The van der Waals surface area contributed by atoms with Crippen LogP contribution in [0.4, 0.5) is 18.9 Å². The Kier molecular flexibility index (Phi) is 7.40. The van der Waals surface area contributed by atoms with Crippen LogP contribution in [-0.2, 0) is 17.5 Å². The summed E-state index contributed by atoms with van der Waals surface area (Å²) in [5, 5.41) is 9.66. The second kappa shape index (κ2) is 9.75.